The number of phenolic OH excluding ortho intramolecular Hbond substituents is 1. The number of benzene rings is 2. The first kappa shape index (κ1) is 24.8. The second kappa shape index (κ2) is 12.4. The molecule has 7 nitrogen and oxygen atoms in total. The Morgan fingerprint density at radius 1 is 1.10 bits per heavy atom. The Hall–Kier alpha value is -2.49. The van der Waals surface area contributed by atoms with Crippen molar-refractivity contribution in [2.75, 3.05) is 51.2 Å². The van der Waals surface area contributed by atoms with Crippen LogP contribution in [-0.4, -0.2) is 68.2 Å². The first-order chi connectivity index (χ1) is 14.6. The molecule has 0 atom stereocenters. The Morgan fingerprint density at radius 3 is 2.52 bits per heavy atom. The molecule has 1 heterocycles. The summed E-state index contributed by atoms with van der Waals surface area (Å²) in [7, 11) is 1.64. The molecule has 0 spiro atoms. The van der Waals surface area contributed by atoms with Crippen molar-refractivity contribution in [3.63, 3.8) is 0 Å². The highest BCUT2D eigenvalue weighted by Gasteiger charge is 2.21. The Morgan fingerprint density at radius 2 is 1.84 bits per heavy atom. The van der Waals surface area contributed by atoms with Gasteiger partial charge in [0.15, 0.2) is 5.96 Å². The zero-order valence-electron chi connectivity index (χ0n) is 18.2. The maximum Gasteiger partial charge on any atom is 0.251 e. The molecule has 31 heavy (non-hydrogen) atoms. The fourth-order valence-electron chi connectivity index (χ4n) is 3.62. The number of aliphatic imine (C=N–C) groups is 1. The van der Waals surface area contributed by atoms with Crippen LogP contribution in [-0.2, 0) is 6.42 Å². The van der Waals surface area contributed by atoms with Crippen molar-refractivity contribution in [1.29, 1.82) is 0 Å². The van der Waals surface area contributed by atoms with E-state index in [9.17, 15) is 9.90 Å². The number of para-hydroxylation sites is 2. The summed E-state index contributed by atoms with van der Waals surface area (Å²) in [4.78, 5) is 21.1. The van der Waals surface area contributed by atoms with E-state index >= 15 is 0 Å². The van der Waals surface area contributed by atoms with Crippen LogP contribution in [0, 0.1) is 0 Å². The molecule has 1 amide bonds. The van der Waals surface area contributed by atoms with E-state index in [4.69, 9.17) is 4.99 Å². The number of halogens is 1. The molecule has 2 aromatic carbocycles. The number of nitrogens with one attached hydrogen (secondary N) is 2. The van der Waals surface area contributed by atoms with Crippen molar-refractivity contribution in [2.45, 2.75) is 13.3 Å². The fourth-order valence-corrected chi connectivity index (χ4v) is 3.62. The van der Waals surface area contributed by atoms with Gasteiger partial charge in [-0.2, -0.15) is 0 Å². The zero-order valence-corrected chi connectivity index (χ0v) is 20.5. The second-order valence-electron chi connectivity index (χ2n) is 7.23. The van der Waals surface area contributed by atoms with E-state index in [-0.39, 0.29) is 29.9 Å². The smallest absolute Gasteiger partial charge is 0.251 e. The average molecular weight is 537 g/mol. The summed E-state index contributed by atoms with van der Waals surface area (Å²) in [6.45, 7) is 6.87. The van der Waals surface area contributed by atoms with Gasteiger partial charge in [0.2, 0.25) is 0 Å². The van der Waals surface area contributed by atoms with E-state index in [2.05, 4.69) is 27.4 Å². The van der Waals surface area contributed by atoms with E-state index in [0.717, 1.165) is 56.4 Å². The van der Waals surface area contributed by atoms with Crippen LogP contribution in [0.1, 0.15) is 22.8 Å². The quantitative estimate of drug-likeness (QED) is 0.300. The number of nitrogens with zero attached hydrogens (tertiary/aromatic N) is 3. The molecule has 168 valence electrons. The molecule has 3 N–H and O–H groups in total. The highest BCUT2D eigenvalue weighted by molar-refractivity contribution is 14.0. The Bertz CT molecular complexity index is 882. The summed E-state index contributed by atoms with van der Waals surface area (Å²) in [6.07, 6.45) is 0.775. The van der Waals surface area contributed by atoms with Crippen LogP contribution >= 0.6 is 24.0 Å². The number of rotatable bonds is 6. The van der Waals surface area contributed by atoms with Crippen molar-refractivity contribution in [2.24, 2.45) is 4.99 Å². The number of anilines is 1. The van der Waals surface area contributed by atoms with Gasteiger partial charge in [0.25, 0.3) is 5.91 Å². The lowest BCUT2D eigenvalue weighted by Gasteiger charge is -2.37. The molecule has 1 aliphatic heterocycles. The van der Waals surface area contributed by atoms with Crippen LogP contribution in [0.25, 0.3) is 0 Å². The van der Waals surface area contributed by atoms with E-state index in [0.29, 0.717) is 17.9 Å². The minimum absolute atomic E-state index is 0. The third-order valence-electron chi connectivity index (χ3n) is 5.21. The van der Waals surface area contributed by atoms with E-state index < -0.39 is 0 Å². The number of aromatic hydroxyl groups is 1. The monoisotopic (exact) mass is 537 g/mol. The van der Waals surface area contributed by atoms with Gasteiger partial charge >= 0.3 is 0 Å². The molecule has 2 aromatic rings. The van der Waals surface area contributed by atoms with Crippen molar-refractivity contribution < 1.29 is 9.90 Å². The summed E-state index contributed by atoms with van der Waals surface area (Å²) >= 11 is 0. The normalized spacial score (nSPS) is 14.1. The minimum atomic E-state index is -0.0731. The largest absolute Gasteiger partial charge is 0.506 e. The first-order valence-corrected chi connectivity index (χ1v) is 10.5. The lowest BCUT2D eigenvalue weighted by molar-refractivity contribution is 0.0963. The second-order valence-corrected chi connectivity index (χ2v) is 7.23. The van der Waals surface area contributed by atoms with Crippen LogP contribution in [0.2, 0.25) is 0 Å². The third-order valence-corrected chi connectivity index (χ3v) is 5.21. The van der Waals surface area contributed by atoms with Gasteiger partial charge in [0.05, 0.1) is 5.69 Å². The highest BCUT2D eigenvalue weighted by atomic mass is 127. The predicted molar refractivity (Wildman–Crippen MR) is 137 cm³/mol. The lowest BCUT2D eigenvalue weighted by atomic mass is 10.1. The number of amides is 1. The van der Waals surface area contributed by atoms with Gasteiger partial charge in [-0.25, -0.2) is 0 Å². The standard InChI is InChI=1S/C23H31N5O2.HI/c1-3-25-23(26-12-11-18-7-6-8-19(17-18)22(30)24-2)28-15-13-27(14-16-28)20-9-4-5-10-21(20)29;/h4-10,17,29H,3,11-16H2,1-2H3,(H,24,30)(H,25,26);1H. The van der Waals surface area contributed by atoms with Gasteiger partial charge in [-0.15, -0.1) is 24.0 Å². The lowest BCUT2D eigenvalue weighted by Crippen LogP contribution is -2.52. The maximum absolute atomic E-state index is 11.8. The van der Waals surface area contributed by atoms with Crippen LogP contribution in [0.15, 0.2) is 53.5 Å². The molecule has 0 aliphatic carbocycles. The molecule has 0 radical (unpaired) electrons. The highest BCUT2D eigenvalue weighted by Crippen LogP contribution is 2.27. The zero-order chi connectivity index (χ0) is 21.3. The van der Waals surface area contributed by atoms with Gasteiger partial charge < -0.3 is 25.5 Å². The summed E-state index contributed by atoms with van der Waals surface area (Å²) in [5, 5.41) is 16.1. The number of hydrogen-bond donors (Lipinski definition) is 3. The van der Waals surface area contributed by atoms with Gasteiger partial charge in [-0.05, 0) is 43.2 Å². The molecule has 1 saturated heterocycles. The molecular formula is C23H32IN5O2. The van der Waals surface area contributed by atoms with Crippen LogP contribution < -0.4 is 15.5 Å². The Kier molecular flexibility index (Phi) is 9.90. The van der Waals surface area contributed by atoms with Crippen molar-refractivity contribution in [3.8, 4) is 5.75 Å². The predicted octanol–water partition coefficient (Wildman–Crippen LogP) is 2.70. The molecule has 8 heteroatoms. The molecule has 0 unspecified atom stereocenters. The molecule has 0 bridgehead atoms. The van der Waals surface area contributed by atoms with Crippen LogP contribution in [0.3, 0.4) is 0 Å². The Balaban J connectivity index is 0.00000341. The summed E-state index contributed by atoms with van der Waals surface area (Å²) in [5.74, 6) is 1.17. The van der Waals surface area contributed by atoms with Gasteiger partial charge in [0.1, 0.15) is 5.75 Å². The molecule has 3 rings (SSSR count). The summed E-state index contributed by atoms with van der Waals surface area (Å²) < 4.78 is 0. The molecular weight excluding hydrogens is 505 g/mol. The topological polar surface area (TPSA) is 80.2 Å². The summed E-state index contributed by atoms with van der Waals surface area (Å²) in [6, 6.07) is 15.2. The van der Waals surface area contributed by atoms with Gasteiger partial charge in [0, 0.05) is 51.9 Å². The van der Waals surface area contributed by atoms with Crippen LogP contribution in [0.4, 0.5) is 5.69 Å². The summed E-state index contributed by atoms with van der Waals surface area (Å²) in [5.41, 5.74) is 2.65. The van der Waals surface area contributed by atoms with Crippen molar-refractivity contribution in [3.05, 3.63) is 59.7 Å². The van der Waals surface area contributed by atoms with Gasteiger partial charge in [-0.3, -0.25) is 9.79 Å². The molecule has 1 aliphatic rings. The fraction of sp³-hybridized carbons (Fsp3) is 0.391. The van der Waals surface area contributed by atoms with Crippen molar-refractivity contribution >= 4 is 41.5 Å². The first-order valence-electron chi connectivity index (χ1n) is 10.5. The number of phenols is 1. The number of carbonyl (C=O) groups excluding carboxylic acids is 1. The number of carbonyl (C=O) groups is 1. The molecule has 0 saturated carbocycles. The van der Waals surface area contributed by atoms with E-state index in [1.54, 1.807) is 13.1 Å². The SMILES string of the molecule is CCNC(=NCCc1cccc(C(=O)NC)c1)N1CCN(c2ccccc2O)CC1.I. The van der Waals surface area contributed by atoms with E-state index in [1.807, 2.05) is 42.5 Å². The number of guanidine groups is 1. The minimum Gasteiger partial charge on any atom is -0.506 e. The third kappa shape index (κ3) is 6.75. The van der Waals surface area contributed by atoms with Gasteiger partial charge in [-0.1, -0.05) is 24.3 Å². The Labute approximate surface area is 201 Å². The van der Waals surface area contributed by atoms with Crippen LogP contribution in [0.5, 0.6) is 5.75 Å². The maximum atomic E-state index is 11.8. The average Bonchev–Trinajstić information content (AvgIpc) is 2.79. The molecule has 0 aromatic heterocycles. The molecule has 1 fully saturated rings. The number of hydrogen-bond acceptors (Lipinski definition) is 4. The van der Waals surface area contributed by atoms with E-state index in [1.165, 1.54) is 0 Å². The van der Waals surface area contributed by atoms with Crippen molar-refractivity contribution in [1.82, 2.24) is 15.5 Å². The number of piperazine rings is 1.